The molecule has 0 radical (unpaired) electrons. The van der Waals surface area contributed by atoms with Gasteiger partial charge in [0.2, 0.25) is 0 Å². The molecular formula is C9H9BrO4. The van der Waals surface area contributed by atoms with E-state index in [0.29, 0.717) is 4.47 Å². The fourth-order valence-corrected chi connectivity index (χ4v) is 1.45. The first-order chi connectivity index (χ1) is 6.50. The Morgan fingerprint density at radius 2 is 2.14 bits per heavy atom. The van der Waals surface area contributed by atoms with Crippen molar-refractivity contribution in [2.24, 2.45) is 0 Å². The number of phenolic OH excluding ortho intramolecular Hbond substituents is 1. The maximum absolute atomic E-state index is 10.3. The second-order valence-corrected chi connectivity index (χ2v) is 3.73. The van der Waals surface area contributed by atoms with Gasteiger partial charge in [0, 0.05) is 10.0 Å². The highest BCUT2D eigenvalue weighted by molar-refractivity contribution is 9.10. The molecule has 4 nitrogen and oxygen atoms in total. The van der Waals surface area contributed by atoms with Crippen molar-refractivity contribution in [3.63, 3.8) is 0 Å². The standard InChI is InChI=1S/C9H9BrO4/c10-5-1-2-7(11)6(3-5)8(12)4-9(13)14/h1-3,8,11-12H,4H2,(H,13,14). The summed E-state index contributed by atoms with van der Waals surface area (Å²) in [6.07, 6.45) is -1.62. The number of halogens is 1. The first-order valence-corrected chi connectivity index (χ1v) is 4.68. The fourth-order valence-electron chi connectivity index (χ4n) is 1.07. The van der Waals surface area contributed by atoms with Crippen LogP contribution in [0.2, 0.25) is 0 Å². The quantitative estimate of drug-likeness (QED) is 0.773. The molecule has 0 saturated heterocycles. The number of rotatable bonds is 3. The third kappa shape index (κ3) is 2.71. The molecule has 0 fully saturated rings. The highest BCUT2D eigenvalue weighted by atomic mass is 79.9. The monoisotopic (exact) mass is 260 g/mol. The molecule has 14 heavy (non-hydrogen) atoms. The summed E-state index contributed by atoms with van der Waals surface area (Å²) in [5, 5.41) is 27.2. The largest absolute Gasteiger partial charge is 0.508 e. The molecule has 0 amide bonds. The number of hydrogen-bond donors (Lipinski definition) is 3. The smallest absolute Gasteiger partial charge is 0.306 e. The normalized spacial score (nSPS) is 12.4. The number of carbonyl (C=O) groups is 1. The Hall–Kier alpha value is -1.07. The molecule has 5 heteroatoms. The van der Waals surface area contributed by atoms with Gasteiger partial charge in [0.15, 0.2) is 0 Å². The number of aliphatic hydroxyl groups excluding tert-OH is 1. The summed E-state index contributed by atoms with van der Waals surface area (Å²) in [5.74, 6) is -1.22. The van der Waals surface area contributed by atoms with E-state index in [1.54, 1.807) is 6.07 Å². The number of carboxylic acid groups (broad SMARTS) is 1. The van der Waals surface area contributed by atoms with Crippen LogP contribution in [0.15, 0.2) is 22.7 Å². The molecule has 1 unspecified atom stereocenters. The topological polar surface area (TPSA) is 77.8 Å². The first kappa shape index (κ1) is 11.0. The van der Waals surface area contributed by atoms with Gasteiger partial charge in [-0.25, -0.2) is 0 Å². The summed E-state index contributed by atoms with van der Waals surface area (Å²) >= 11 is 3.16. The molecule has 1 aromatic rings. The zero-order valence-corrected chi connectivity index (χ0v) is 8.73. The van der Waals surface area contributed by atoms with Gasteiger partial charge in [-0.3, -0.25) is 4.79 Å². The van der Waals surface area contributed by atoms with Gasteiger partial charge in [-0.1, -0.05) is 15.9 Å². The molecule has 0 spiro atoms. The summed E-state index contributed by atoms with van der Waals surface area (Å²) in [6, 6.07) is 4.49. The van der Waals surface area contributed by atoms with E-state index in [4.69, 9.17) is 5.11 Å². The molecule has 1 aromatic carbocycles. The van der Waals surface area contributed by atoms with E-state index in [1.807, 2.05) is 0 Å². The Labute approximate surface area is 88.9 Å². The Morgan fingerprint density at radius 1 is 1.50 bits per heavy atom. The number of carboxylic acids is 1. The predicted octanol–water partition coefficient (Wildman–Crippen LogP) is 1.66. The van der Waals surface area contributed by atoms with E-state index >= 15 is 0 Å². The van der Waals surface area contributed by atoms with Crippen molar-refractivity contribution in [3.8, 4) is 5.75 Å². The lowest BCUT2D eigenvalue weighted by Gasteiger charge is -2.10. The SMILES string of the molecule is O=C(O)CC(O)c1cc(Br)ccc1O. The van der Waals surface area contributed by atoms with Crippen molar-refractivity contribution < 1.29 is 20.1 Å². The Balaban J connectivity index is 2.93. The van der Waals surface area contributed by atoms with Crippen molar-refractivity contribution in [1.82, 2.24) is 0 Å². The van der Waals surface area contributed by atoms with Crippen LogP contribution in [0.3, 0.4) is 0 Å². The molecule has 1 rings (SSSR count). The van der Waals surface area contributed by atoms with Gasteiger partial charge in [0.05, 0.1) is 12.5 Å². The fraction of sp³-hybridized carbons (Fsp3) is 0.222. The average molecular weight is 261 g/mol. The number of phenols is 1. The molecule has 0 aliphatic carbocycles. The number of benzene rings is 1. The van der Waals surface area contributed by atoms with Crippen molar-refractivity contribution in [2.75, 3.05) is 0 Å². The molecule has 1 atom stereocenters. The van der Waals surface area contributed by atoms with E-state index in [-0.39, 0.29) is 11.3 Å². The predicted molar refractivity (Wildman–Crippen MR) is 53.0 cm³/mol. The van der Waals surface area contributed by atoms with Crippen molar-refractivity contribution in [1.29, 1.82) is 0 Å². The molecule has 3 N–H and O–H groups in total. The minimum atomic E-state index is -1.19. The Kier molecular flexibility index (Phi) is 3.49. The Morgan fingerprint density at radius 3 is 2.71 bits per heavy atom. The lowest BCUT2D eigenvalue weighted by Crippen LogP contribution is -2.05. The van der Waals surface area contributed by atoms with Crippen LogP contribution in [0.25, 0.3) is 0 Å². The number of aromatic hydroxyl groups is 1. The third-order valence-electron chi connectivity index (χ3n) is 1.72. The van der Waals surface area contributed by atoms with E-state index in [9.17, 15) is 15.0 Å². The van der Waals surface area contributed by atoms with Gasteiger partial charge in [0.25, 0.3) is 0 Å². The van der Waals surface area contributed by atoms with Crippen molar-refractivity contribution in [3.05, 3.63) is 28.2 Å². The van der Waals surface area contributed by atoms with E-state index in [1.165, 1.54) is 12.1 Å². The zero-order valence-electron chi connectivity index (χ0n) is 7.14. The Bertz CT molecular complexity index is 351. The van der Waals surface area contributed by atoms with Crippen LogP contribution in [0.1, 0.15) is 18.1 Å². The maximum atomic E-state index is 10.3. The van der Waals surface area contributed by atoms with Gasteiger partial charge in [-0.15, -0.1) is 0 Å². The minimum absolute atomic E-state index is 0.109. The zero-order chi connectivity index (χ0) is 10.7. The molecule has 0 aliphatic heterocycles. The summed E-state index contributed by atoms with van der Waals surface area (Å²) in [7, 11) is 0. The number of aliphatic carboxylic acids is 1. The molecule has 0 aliphatic rings. The van der Waals surface area contributed by atoms with Crippen LogP contribution in [0.4, 0.5) is 0 Å². The number of aliphatic hydroxyl groups is 1. The van der Waals surface area contributed by atoms with E-state index < -0.39 is 18.5 Å². The second kappa shape index (κ2) is 4.43. The van der Waals surface area contributed by atoms with Crippen LogP contribution in [0.5, 0.6) is 5.75 Å². The van der Waals surface area contributed by atoms with E-state index in [0.717, 1.165) is 0 Å². The van der Waals surface area contributed by atoms with Crippen LogP contribution >= 0.6 is 15.9 Å². The molecular weight excluding hydrogens is 252 g/mol. The molecule has 0 heterocycles. The number of hydrogen-bond acceptors (Lipinski definition) is 3. The summed E-state index contributed by atoms with van der Waals surface area (Å²) in [5.41, 5.74) is 0.210. The lowest BCUT2D eigenvalue weighted by atomic mass is 10.1. The first-order valence-electron chi connectivity index (χ1n) is 3.89. The van der Waals surface area contributed by atoms with Gasteiger partial charge in [-0.2, -0.15) is 0 Å². The maximum Gasteiger partial charge on any atom is 0.306 e. The molecule has 0 bridgehead atoms. The summed E-state index contributed by atoms with van der Waals surface area (Å²) in [6.45, 7) is 0. The highest BCUT2D eigenvalue weighted by Gasteiger charge is 2.15. The molecule has 0 aromatic heterocycles. The van der Waals surface area contributed by atoms with Crippen molar-refractivity contribution in [2.45, 2.75) is 12.5 Å². The van der Waals surface area contributed by atoms with Crippen LogP contribution in [-0.2, 0) is 4.79 Å². The van der Waals surface area contributed by atoms with Gasteiger partial charge < -0.3 is 15.3 Å². The highest BCUT2D eigenvalue weighted by Crippen LogP contribution is 2.29. The second-order valence-electron chi connectivity index (χ2n) is 2.82. The van der Waals surface area contributed by atoms with Gasteiger partial charge in [0.1, 0.15) is 5.75 Å². The third-order valence-corrected chi connectivity index (χ3v) is 2.21. The summed E-state index contributed by atoms with van der Waals surface area (Å²) < 4.78 is 0.676. The van der Waals surface area contributed by atoms with Gasteiger partial charge in [-0.05, 0) is 18.2 Å². The molecule has 76 valence electrons. The average Bonchev–Trinajstić information content (AvgIpc) is 2.08. The lowest BCUT2D eigenvalue weighted by molar-refractivity contribution is -0.139. The summed E-state index contributed by atoms with van der Waals surface area (Å²) in [4.78, 5) is 10.3. The van der Waals surface area contributed by atoms with Gasteiger partial charge >= 0.3 is 5.97 Å². The van der Waals surface area contributed by atoms with Crippen LogP contribution in [-0.4, -0.2) is 21.3 Å². The molecule has 0 saturated carbocycles. The minimum Gasteiger partial charge on any atom is -0.508 e. The van der Waals surface area contributed by atoms with Crippen molar-refractivity contribution >= 4 is 21.9 Å². The van der Waals surface area contributed by atoms with Crippen LogP contribution < -0.4 is 0 Å². The van der Waals surface area contributed by atoms with E-state index in [2.05, 4.69) is 15.9 Å². The van der Waals surface area contributed by atoms with Crippen LogP contribution in [0, 0.1) is 0 Å².